The van der Waals surface area contributed by atoms with E-state index < -0.39 is 0 Å². The molecule has 0 aromatic heterocycles. The monoisotopic (exact) mass is 288 g/mol. The van der Waals surface area contributed by atoms with Crippen LogP contribution in [-0.4, -0.2) is 36.7 Å². The minimum absolute atomic E-state index is 0.461. The van der Waals surface area contributed by atoms with Crippen molar-refractivity contribution in [3.05, 3.63) is 29.8 Å². The third kappa shape index (κ3) is 3.24. The van der Waals surface area contributed by atoms with E-state index in [1.54, 1.807) is 0 Å². The molecule has 1 N–H and O–H groups in total. The fourth-order valence-electron chi connectivity index (χ4n) is 3.92. The Morgan fingerprint density at radius 2 is 1.81 bits per heavy atom. The van der Waals surface area contributed by atoms with E-state index in [4.69, 9.17) is 4.74 Å². The lowest BCUT2D eigenvalue weighted by molar-refractivity contribution is 0.132. The van der Waals surface area contributed by atoms with Gasteiger partial charge < -0.3 is 10.1 Å². The van der Waals surface area contributed by atoms with Gasteiger partial charge in [0.25, 0.3) is 0 Å². The zero-order chi connectivity index (χ0) is 14.8. The summed E-state index contributed by atoms with van der Waals surface area (Å²) in [6.07, 6.45) is 5.33. The molecule has 3 rings (SSSR count). The first kappa shape index (κ1) is 14.9. The highest BCUT2D eigenvalue weighted by atomic mass is 16.5. The first-order valence-corrected chi connectivity index (χ1v) is 8.38. The number of piperidine rings is 1. The minimum Gasteiger partial charge on any atom is -0.494 e. The van der Waals surface area contributed by atoms with Gasteiger partial charge in [0.05, 0.1) is 6.61 Å². The molecule has 0 spiro atoms. The molecule has 2 bridgehead atoms. The van der Waals surface area contributed by atoms with Gasteiger partial charge in [-0.15, -0.1) is 0 Å². The number of nitrogens with zero attached hydrogens (tertiary/aromatic N) is 1. The lowest BCUT2D eigenvalue weighted by Gasteiger charge is -2.39. The Hall–Kier alpha value is -1.06. The van der Waals surface area contributed by atoms with Crippen molar-refractivity contribution in [2.75, 3.05) is 13.7 Å². The predicted molar refractivity (Wildman–Crippen MR) is 86.8 cm³/mol. The summed E-state index contributed by atoms with van der Waals surface area (Å²) >= 11 is 0. The lowest BCUT2D eigenvalue weighted by atomic mass is 9.96. The molecule has 2 aliphatic rings. The molecule has 21 heavy (non-hydrogen) atoms. The molecule has 1 aromatic rings. The first-order chi connectivity index (χ1) is 10.2. The summed E-state index contributed by atoms with van der Waals surface area (Å²) < 4.78 is 5.53. The summed E-state index contributed by atoms with van der Waals surface area (Å²) in [5.41, 5.74) is 1.38. The molecule has 2 fully saturated rings. The molecule has 2 saturated heterocycles. The quantitative estimate of drug-likeness (QED) is 0.899. The van der Waals surface area contributed by atoms with Crippen LogP contribution in [0.5, 0.6) is 5.75 Å². The van der Waals surface area contributed by atoms with Crippen molar-refractivity contribution < 1.29 is 4.74 Å². The molecule has 3 atom stereocenters. The van der Waals surface area contributed by atoms with E-state index in [1.807, 2.05) is 6.92 Å². The van der Waals surface area contributed by atoms with Crippen LogP contribution in [0.25, 0.3) is 0 Å². The Bertz CT molecular complexity index is 447. The third-order valence-electron chi connectivity index (χ3n) is 5.31. The van der Waals surface area contributed by atoms with Gasteiger partial charge in [-0.1, -0.05) is 12.1 Å². The minimum atomic E-state index is 0.461. The molecule has 0 aliphatic carbocycles. The molecule has 3 nitrogen and oxygen atoms in total. The van der Waals surface area contributed by atoms with E-state index in [9.17, 15) is 0 Å². The fourth-order valence-corrected chi connectivity index (χ4v) is 3.92. The van der Waals surface area contributed by atoms with Crippen LogP contribution in [0, 0.1) is 0 Å². The van der Waals surface area contributed by atoms with Crippen molar-refractivity contribution in [1.29, 1.82) is 0 Å². The number of hydrogen-bond donors (Lipinski definition) is 1. The van der Waals surface area contributed by atoms with E-state index in [2.05, 4.69) is 48.5 Å². The molecule has 0 radical (unpaired) electrons. The number of hydrogen-bond acceptors (Lipinski definition) is 3. The van der Waals surface area contributed by atoms with Crippen LogP contribution in [-0.2, 0) is 0 Å². The number of fused-ring (bicyclic) bond motifs is 2. The highest BCUT2D eigenvalue weighted by Crippen LogP contribution is 2.33. The molecule has 0 amide bonds. The summed E-state index contributed by atoms with van der Waals surface area (Å²) in [4.78, 5) is 2.57. The van der Waals surface area contributed by atoms with E-state index in [0.717, 1.165) is 24.4 Å². The normalized spacial score (nSPS) is 29.6. The van der Waals surface area contributed by atoms with E-state index >= 15 is 0 Å². The molecule has 0 saturated carbocycles. The number of rotatable bonds is 5. The van der Waals surface area contributed by atoms with Gasteiger partial charge in [0.15, 0.2) is 0 Å². The number of benzene rings is 1. The van der Waals surface area contributed by atoms with Crippen LogP contribution in [0.3, 0.4) is 0 Å². The van der Waals surface area contributed by atoms with Gasteiger partial charge >= 0.3 is 0 Å². The Balaban J connectivity index is 1.64. The molecule has 2 aliphatic heterocycles. The first-order valence-electron chi connectivity index (χ1n) is 8.38. The standard InChI is InChI=1S/C18H28N2O/c1-4-21-18-9-5-14(6-10-18)13(2)20(3)17-11-15-7-8-16(12-17)19-15/h5-6,9-10,13,15-17,19H,4,7-8,11-12H2,1-3H3. The SMILES string of the molecule is CCOc1ccc(C(C)N(C)C2CC3CCC(C2)N3)cc1. The van der Waals surface area contributed by atoms with E-state index in [-0.39, 0.29) is 0 Å². The molecule has 2 heterocycles. The van der Waals surface area contributed by atoms with Crippen LogP contribution in [0.15, 0.2) is 24.3 Å². The maximum atomic E-state index is 5.53. The van der Waals surface area contributed by atoms with Gasteiger partial charge in [-0.3, -0.25) is 4.90 Å². The molecule has 116 valence electrons. The Morgan fingerprint density at radius 1 is 1.19 bits per heavy atom. The highest BCUT2D eigenvalue weighted by Gasteiger charge is 2.36. The van der Waals surface area contributed by atoms with Gasteiger partial charge in [-0.2, -0.15) is 0 Å². The average molecular weight is 288 g/mol. The highest BCUT2D eigenvalue weighted by molar-refractivity contribution is 5.29. The van der Waals surface area contributed by atoms with Crippen molar-refractivity contribution in [1.82, 2.24) is 10.2 Å². The van der Waals surface area contributed by atoms with Crippen molar-refractivity contribution in [2.24, 2.45) is 0 Å². The lowest BCUT2D eigenvalue weighted by Crippen LogP contribution is -2.47. The van der Waals surface area contributed by atoms with Crippen LogP contribution in [0.4, 0.5) is 0 Å². The fraction of sp³-hybridized carbons (Fsp3) is 0.667. The number of ether oxygens (including phenoxy) is 1. The zero-order valence-corrected chi connectivity index (χ0v) is 13.5. The van der Waals surface area contributed by atoms with Crippen molar-refractivity contribution in [3.8, 4) is 5.75 Å². The van der Waals surface area contributed by atoms with Gasteiger partial charge in [-0.25, -0.2) is 0 Å². The largest absolute Gasteiger partial charge is 0.494 e. The summed E-state index contributed by atoms with van der Waals surface area (Å²) in [5.74, 6) is 0.969. The number of nitrogens with one attached hydrogen (secondary N) is 1. The summed E-state index contributed by atoms with van der Waals surface area (Å²) in [5, 5.41) is 3.73. The second-order valence-corrected chi connectivity index (χ2v) is 6.61. The third-order valence-corrected chi connectivity index (χ3v) is 5.31. The Morgan fingerprint density at radius 3 is 2.38 bits per heavy atom. The van der Waals surface area contributed by atoms with Crippen LogP contribution < -0.4 is 10.1 Å². The molecular weight excluding hydrogens is 260 g/mol. The van der Waals surface area contributed by atoms with Crippen molar-refractivity contribution >= 4 is 0 Å². The van der Waals surface area contributed by atoms with Crippen LogP contribution >= 0.6 is 0 Å². The van der Waals surface area contributed by atoms with E-state index in [1.165, 1.54) is 31.2 Å². The molecular formula is C18H28N2O. The smallest absolute Gasteiger partial charge is 0.119 e. The summed E-state index contributed by atoms with van der Waals surface area (Å²) in [6, 6.07) is 11.3. The molecule has 3 unspecified atom stereocenters. The van der Waals surface area contributed by atoms with Crippen LogP contribution in [0.1, 0.15) is 51.1 Å². The van der Waals surface area contributed by atoms with E-state index in [0.29, 0.717) is 12.1 Å². The maximum absolute atomic E-state index is 5.53. The molecule has 1 aromatic carbocycles. The second-order valence-electron chi connectivity index (χ2n) is 6.61. The second kappa shape index (κ2) is 6.37. The van der Waals surface area contributed by atoms with Crippen molar-refractivity contribution in [2.45, 2.75) is 63.7 Å². The Labute approximate surface area is 128 Å². The van der Waals surface area contributed by atoms with Crippen molar-refractivity contribution in [3.63, 3.8) is 0 Å². The van der Waals surface area contributed by atoms with Gasteiger partial charge in [0.2, 0.25) is 0 Å². The Kier molecular flexibility index (Phi) is 4.51. The average Bonchev–Trinajstić information content (AvgIpc) is 2.85. The maximum Gasteiger partial charge on any atom is 0.119 e. The van der Waals surface area contributed by atoms with Gasteiger partial charge in [0, 0.05) is 24.2 Å². The zero-order valence-electron chi connectivity index (χ0n) is 13.5. The predicted octanol–water partition coefficient (Wildman–Crippen LogP) is 3.36. The summed E-state index contributed by atoms with van der Waals surface area (Å²) in [6.45, 7) is 5.07. The van der Waals surface area contributed by atoms with Gasteiger partial charge in [0.1, 0.15) is 5.75 Å². The van der Waals surface area contributed by atoms with Gasteiger partial charge in [-0.05, 0) is 64.3 Å². The topological polar surface area (TPSA) is 24.5 Å². The van der Waals surface area contributed by atoms with Crippen LogP contribution in [0.2, 0.25) is 0 Å². The summed E-state index contributed by atoms with van der Waals surface area (Å²) in [7, 11) is 2.29. The molecule has 3 heteroatoms.